The van der Waals surface area contributed by atoms with E-state index in [1.807, 2.05) is 17.0 Å². The molecule has 0 saturated carbocycles. The molecule has 1 amide bonds. The number of nitrogens with zero attached hydrogens (tertiary/aromatic N) is 7. The van der Waals surface area contributed by atoms with Gasteiger partial charge in [-0.3, -0.25) is 9.78 Å². The Morgan fingerprint density at radius 1 is 1.26 bits per heavy atom. The quantitative estimate of drug-likeness (QED) is 0.371. The highest BCUT2D eigenvalue weighted by molar-refractivity contribution is 7.99. The number of aromatic nitrogens is 3. The van der Waals surface area contributed by atoms with Crippen molar-refractivity contribution in [2.75, 3.05) is 50.5 Å². The Morgan fingerprint density at radius 2 is 2.14 bits per heavy atom. The number of likely N-dealkylation sites (N-methyl/N-ethyl adjacent to an activating group) is 1. The molecular weight excluding hydrogens is 553 g/mol. The SMILES string of the molecule is C=CC(=O)N1CCN(c2nc(OC[C@@H]3CCCN3C)nc3c(F)c(-c4cccc5c4CCCS5)ncc23)C[C@@H]1CC#N. The van der Waals surface area contributed by atoms with Crippen LogP contribution in [0.4, 0.5) is 10.2 Å². The third-order valence-corrected chi connectivity index (χ3v) is 9.69. The second kappa shape index (κ2) is 12.2. The highest BCUT2D eigenvalue weighted by Crippen LogP contribution is 2.39. The van der Waals surface area contributed by atoms with Crippen LogP contribution in [0.2, 0.25) is 0 Å². The van der Waals surface area contributed by atoms with Crippen LogP contribution in [0, 0.1) is 17.1 Å². The lowest BCUT2D eigenvalue weighted by Gasteiger charge is -2.41. The summed E-state index contributed by atoms with van der Waals surface area (Å²) < 4.78 is 22.6. The van der Waals surface area contributed by atoms with Gasteiger partial charge in [0, 0.05) is 42.3 Å². The number of hydrogen-bond donors (Lipinski definition) is 0. The molecule has 9 nitrogen and oxygen atoms in total. The van der Waals surface area contributed by atoms with Gasteiger partial charge in [0.1, 0.15) is 23.6 Å². The molecule has 3 aliphatic rings. The van der Waals surface area contributed by atoms with E-state index in [-0.39, 0.29) is 41.6 Å². The van der Waals surface area contributed by atoms with Gasteiger partial charge in [-0.05, 0) is 62.7 Å². The number of rotatable bonds is 7. The van der Waals surface area contributed by atoms with Crippen molar-refractivity contribution in [3.05, 3.63) is 48.4 Å². The Balaban J connectivity index is 1.42. The van der Waals surface area contributed by atoms with Gasteiger partial charge in [-0.25, -0.2) is 4.39 Å². The average molecular weight is 588 g/mol. The van der Waals surface area contributed by atoms with Crippen LogP contribution in [0.5, 0.6) is 6.01 Å². The van der Waals surface area contributed by atoms with Gasteiger partial charge in [0.2, 0.25) is 5.91 Å². The normalized spacial score (nSPS) is 20.8. The molecule has 3 aliphatic heterocycles. The van der Waals surface area contributed by atoms with Gasteiger partial charge < -0.3 is 19.4 Å². The summed E-state index contributed by atoms with van der Waals surface area (Å²) in [5.41, 5.74) is 2.34. The number of benzene rings is 1. The molecule has 0 unspecified atom stereocenters. The van der Waals surface area contributed by atoms with E-state index < -0.39 is 5.82 Å². The maximum atomic E-state index is 16.5. The molecule has 0 aliphatic carbocycles. The number of likely N-dealkylation sites (tertiary alicyclic amines) is 1. The van der Waals surface area contributed by atoms with Crippen molar-refractivity contribution in [1.82, 2.24) is 24.8 Å². The number of pyridine rings is 1. The third-order valence-electron chi connectivity index (χ3n) is 8.50. The fraction of sp³-hybridized carbons (Fsp3) is 0.452. The molecule has 0 radical (unpaired) electrons. The van der Waals surface area contributed by atoms with Crippen molar-refractivity contribution in [2.24, 2.45) is 0 Å². The van der Waals surface area contributed by atoms with E-state index in [1.165, 1.54) is 11.0 Å². The number of hydrogen-bond acceptors (Lipinski definition) is 9. The van der Waals surface area contributed by atoms with Crippen molar-refractivity contribution in [3.8, 4) is 23.3 Å². The largest absolute Gasteiger partial charge is 0.462 e. The van der Waals surface area contributed by atoms with E-state index in [0.29, 0.717) is 37.4 Å². The van der Waals surface area contributed by atoms with E-state index in [4.69, 9.17) is 9.72 Å². The highest BCUT2D eigenvalue weighted by atomic mass is 32.2. The minimum Gasteiger partial charge on any atom is -0.462 e. The molecule has 6 rings (SSSR count). The molecule has 218 valence electrons. The molecule has 0 bridgehead atoms. The Hall–Kier alpha value is -3.75. The molecule has 42 heavy (non-hydrogen) atoms. The van der Waals surface area contributed by atoms with E-state index in [9.17, 15) is 10.1 Å². The zero-order valence-corrected chi connectivity index (χ0v) is 24.6. The fourth-order valence-corrected chi connectivity index (χ4v) is 7.29. The molecule has 2 fully saturated rings. The summed E-state index contributed by atoms with van der Waals surface area (Å²) in [5, 5.41) is 9.95. The number of amides is 1. The Morgan fingerprint density at radius 3 is 2.93 bits per heavy atom. The fourth-order valence-electron chi connectivity index (χ4n) is 6.22. The van der Waals surface area contributed by atoms with Crippen LogP contribution >= 0.6 is 11.8 Å². The minimum atomic E-state index is -0.503. The van der Waals surface area contributed by atoms with Gasteiger partial charge in [0.15, 0.2) is 5.82 Å². The Kier molecular flexibility index (Phi) is 8.27. The number of anilines is 1. The van der Waals surface area contributed by atoms with Crippen LogP contribution in [-0.4, -0.2) is 88.3 Å². The first-order valence-electron chi connectivity index (χ1n) is 14.5. The maximum absolute atomic E-state index is 16.5. The number of nitriles is 1. The summed E-state index contributed by atoms with van der Waals surface area (Å²) in [4.78, 5) is 33.6. The Bertz CT molecular complexity index is 1560. The van der Waals surface area contributed by atoms with E-state index in [2.05, 4.69) is 40.6 Å². The van der Waals surface area contributed by atoms with Crippen LogP contribution in [0.25, 0.3) is 22.2 Å². The molecule has 0 spiro atoms. The first kappa shape index (κ1) is 28.4. The minimum absolute atomic E-state index is 0.112. The van der Waals surface area contributed by atoms with E-state index in [0.717, 1.165) is 49.1 Å². The van der Waals surface area contributed by atoms with Gasteiger partial charge in [0.25, 0.3) is 0 Å². The molecule has 0 N–H and O–H groups in total. The third kappa shape index (κ3) is 5.41. The van der Waals surface area contributed by atoms with Crippen molar-refractivity contribution in [2.45, 2.75) is 49.1 Å². The van der Waals surface area contributed by atoms with Crippen molar-refractivity contribution in [1.29, 1.82) is 5.26 Å². The predicted molar refractivity (Wildman–Crippen MR) is 161 cm³/mol. The van der Waals surface area contributed by atoms with Crippen LogP contribution in [-0.2, 0) is 11.2 Å². The first-order valence-corrected chi connectivity index (χ1v) is 15.5. The van der Waals surface area contributed by atoms with Gasteiger partial charge >= 0.3 is 6.01 Å². The zero-order valence-electron chi connectivity index (χ0n) is 23.8. The number of carbonyl (C=O) groups is 1. The lowest BCUT2D eigenvalue weighted by molar-refractivity contribution is -0.128. The van der Waals surface area contributed by atoms with Crippen LogP contribution in [0.15, 0.2) is 41.9 Å². The van der Waals surface area contributed by atoms with Crippen molar-refractivity contribution in [3.63, 3.8) is 0 Å². The number of ether oxygens (including phenoxy) is 1. The summed E-state index contributed by atoms with van der Waals surface area (Å²) in [7, 11) is 2.07. The van der Waals surface area contributed by atoms with Crippen molar-refractivity contribution < 1.29 is 13.9 Å². The standard InChI is InChI=1S/C31H34FN7O2S/c1-3-26(40)39-15-14-38(18-20(39)11-12-33)30-24-17-34-28(23-8-4-10-25-22(23)9-6-16-42-25)27(32)29(24)35-31(36-30)41-19-21-7-5-13-37(21)2/h3-4,8,10,17,20-21H,1,5-7,9,11,13-16,18-19H2,2H3/t20-,21-/m0/s1. The maximum Gasteiger partial charge on any atom is 0.319 e. The zero-order chi connectivity index (χ0) is 29.2. The number of fused-ring (bicyclic) bond motifs is 2. The lowest BCUT2D eigenvalue weighted by atomic mass is 9.99. The molecule has 2 aromatic heterocycles. The Labute approximate surface area is 249 Å². The van der Waals surface area contributed by atoms with E-state index >= 15 is 4.39 Å². The summed E-state index contributed by atoms with van der Waals surface area (Å²) in [5.74, 6) is 0.827. The number of piperazine rings is 1. The number of halogens is 1. The number of thioether (sulfide) groups is 1. The molecule has 2 atom stereocenters. The molecule has 3 aromatic rings. The summed E-state index contributed by atoms with van der Waals surface area (Å²) in [6.45, 7) is 6.21. The number of carbonyl (C=O) groups excluding carboxylic acids is 1. The molecule has 5 heterocycles. The molecular formula is C31H34FN7O2S. The van der Waals surface area contributed by atoms with Gasteiger partial charge in [-0.1, -0.05) is 18.7 Å². The van der Waals surface area contributed by atoms with Gasteiger partial charge in [0.05, 0.1) is 23.9 Å². The first-order chi connectivity index (χ1) is 20.5. The second-order valence-electron chi connectivity index (χ2n) is 11.0. The molecule has 2 saturated heterocycles. The summed E-state index contributed by atoms with van der Waals surface area (Å²) in [6.07, 6.45) is 7.11. The highest BCUT2D eigenvalue weighted by Gasteiger charge is 2.32. The summed E-state index contributed by atoms with van der Waals surface area (Å²) in [6, 6.07) is 8.16. The smallest absolute Gasteiger partial charge is 0.319 e. The van der Waals surface area contributed by atoms with Crippen LogP contribution < -0.4 is 9.64 Å². The van der Waals surface area contributed by atoms with Crippen LogP contribution in [0.3, 0.4) is 0 Å². The van der Waals surface area contributed by atoms with Gasteiger partial charge in [-0.2, -0.15) is 15.2 Å². The van der Waals surface area contributed by atoms with Crippen molar-refractivity contribution >= 4 is 34.4 Å². The average Bonchev–Trinajstić information content (AvgIpc) is 3.44. The molecule has 1 aromatic carbocycles. The predicted octanol–water partition coefficient (Wildman–Crippen LogP) is 4.46. The monoisotopic (exact) mass is 587 g/mol. The van der Waals surface area contributed by atoms with E-state index in [1.54, 1.807) is 22.9 Å². The second-order valence-corrected chi connectivity index (χ2v) is 12.2. The topological polar surface area (TPSA) is 98.5 Å². The summed E-state index contributed by atoms with van der Waals surface area (Å²) >= 11 is 1.79. The molecule has 11 heteroatoms. The lowest BCUT2D eigenvalue weighted by Crippen LogP contribution is -2.55. The van der Waals surface area contributed by atoms with Gasteiger partial charge in [-0.15, -0.1) is 11.8 Å². The van der Waals surface area contributed by atoms with Crippen LogP contribution in [0.1, 0.15) is 31.2 Å².